The Bertz CT molecular complexity index is 1350. The van der Waals surface area contributed by atoms with E-state index in [1.807, 2.05) is 49.4 Å². The van der Waals surface area contributed by atoms with Crippen molar-refractivity contribution in [3.63, 3.8) is 0 Å². The van der Waals surface area contributed by atoms with Crippen molar-refractivity contribution in [3.8, 4) is 22.9 Å². The van der Waals surface area contributed by atoms with Crippen LogP contribution in [0.15, 0.2) is 54.6 Å². The maximum Gasteiger partial charge on any atom is 0.257 e. The number of thiocarbonyl (C=S) groups is 1. The van der Waals surface area contributed by atoms with Crippen LogP contribution in [0.25, 0.3) is 16.7 Å². The van der Waals surface area contributed by atoms with Gasteiger partial charge in [0.1, 0.15) is 11.0 Å². The smallest absolute Gasteiger partial charge is 0.257 e. The highest BCUT2D eigenvalue weighted by atomic mass is 32.1. The highest BCUT2D eigenvalue weighted by Crippen LogP contribution is 2.38. The van der Waals surface area contributed by atoms with Gasteiger partial charge in [-0.1, -0.05) is 18.2 Å². The van der Waals surface area contributed by atoms with Crippen molar-refractivity contribution in [1.82, 2.24) is 20.3 Å². The number of hydrogen-bond donors (Lipinski definition) is 2. The summed E-state index contributed by atoms with van der Waals surface area (Å²) in [7, 11) is 4.47. The minimum absolute atomic E-state index is 0.136. The molecule has 0 aliphatic heterocycles. The van der Waals surface area contributed by atoms with Crippen LogP contribution in [0, 0.1) is 6.92 Å². The topological polar surface area (TPSA) is 99.5 Å². The molecule has 34 heavy (non-hydrogen) atoms. The van der Waals surface area contributed by atoms with Gasteiger partial charge in [0.2, 0.25) is 5.75 Å². The Balaban J connectivity index is 1.53. The summed E-state index contributed by atoms with van der Waals surface area (Å²) in [5.41, 5.74) is 4.21. The van der Waals surface area contributed by atoms with Crippen LogP contribution in [0.2, 0.25) is 0 Å². The molecule has 0 saturated carbocycles. The molecule has 0 fully saturated rings. The summed E-state index contributed by atoms with van der Waals surface area (Å²) in [5.74, 6) is 0.711. The summed E-state index contributed by atoms with van der Waals surface area (Å²) in [5, 5.41) is 15.0. The molecular weight excluding hydrogens is 454 g/mol. The lowest BCUT2D eigenvalue weighted by Gasteiger charge is -2.15. The third-order valence-electron chi connectivity index (χ3n) is 5.12. The Kier molecular flexibility index (Phi) is 6.60. The van der Waals surface area contributed by atoms with Gasteiger partial charge in [0.25, 0.3) is 5.91 Å². The maximum atomic E-state index is 12.8. The van der Waals surface area contributed by atoms with Gasteiger partial charge in [-0.3, -0.25) is 10.1 Å². The third-order valence-corrected chi connectivity index (χ3v) is 5.32. The van der Waals surface area contributed by atoms with Crippen molar-refractivity contribution in [2.75, 3.05) is 26.6 Å². The Labute approximate surface area is 201 Å². The lowest BCUT2D eigenvalue weighted by molar-refractivity contribution is 0.0977. The molecule has 4 rings (SSSR count). The standard InChI is InChI=1S/C24H23N5O4S/c1-14-10-18-19(28-29(27-18)16-8-6-5-7-9-16)13-17(14)25-24(34)26-23(30)15-11-20(31-2)22(33-4)21(12-15)32-3/h5-13H,1-4H3,(H2,25,26,30,34). The fourth-order valence-electron chi connectivity index (χ4n) is 3.42. The number of amides is 1. The molecule has 0 atom stereocenters. The highest BCUT2D eigenvalue weighted by molar-refractivity contribution is 7.80. The van der Waals surface area contributed by atoms with Crippen LogP contribution in [0.4, 0.5) is 5.69 Å². The van der Waals surface area contributed by atoms with E-state index >= 15 is 0 Å². The second-order valence-electron chi connectivity index (χ2n) is 7.30. The molecule has 0 unspecified atom stereocenters. The van der Waals surface area contributed by atoms with Gasteiger partial charge in [0, 0.05) is 11.3 Å². The maximum absolute atomic E-state index is 12.8. The normalized spacial score (nSPS) is 10.6. The summed E-state index contributed by atoms with van der Waals surface area (Å²) in [6.45, 7) is 1.92. The molecule has 0 aliphatic rings. The van der Waals surface area contributed by atoms with Crippen LogP contribution < -0.4 is 24.8 Å². The van der Waals surface area contributed by atoms with Gasteiger partial charge in [-0.05, 0) is 61.1 Å². The molecule has 0 bridgehead atoms. The molecule has 3 aromatic carbocycles. The number of fused-ring (bicyclic) bond motifs is 1. The minimum Gasteiger partial charge on any atom is -0.493 e. The molecule has 1 aromatic heterocycles. The molecule has 0 aliphatic carbocycles. The van der Waals surface area contributed by atoms with E-state index in [1.165, 1.54) is 21.3 Å². The van der Waals surface area contributed by atoms with E-state index in [0.717, 1.165) is 16.8 Å². The molecule has 4 aromatic rings. The molecule has 174 valence electrons. The van der Waals surface area contributed by atoms with Gasteiger partial charge >= 0.3 is 0 Å². The first-order valence-electron chi connectivity index (χ1n) is 10.3. The van der Waals surface area contributed by atoms with Crippen molar-refractivity contribution in [3.05, 3.63) is 65.7 Å². The summed E-state index contributed by atoms with van der Waals surface area (Å²) in [6.07, 6.45) is 0. The van der Waals surface area contributed by atoms with E-state index in [-0.39, 0.29) is 5.11 Å². The average Bonchev–Trinajstić information content (AvgIpc) is 3.26. The van der Waals surface area contributed by atoms with Crippen molar-refractivity contribution in [2.45, 2.75) is 6.92 Å². The van der Waals surface area contributed by atoms with Crippen LogP contribution in [0.1, 0.15) is 15.9 Å². The lowest BCUT2D eigenvalue weighted by atomic mass is 10.1. The number of benzene rings is 3. The van der Waals surface area contributed by atoms with Crippen molar-refractivity contribution in [1.29, 1.82) is 0 Å². The number of nitrogens with zero attached hydrogens (tertiary/aromatic N) is 3. The lowest BCUT2D eigenvalue weighted by Crippen LogP contribution is -2.34. The summed E-state index contributed by atoms with van der Waals surface area (Å²) >= 11 is 5.38. The number of rotatable bonds is 6. The number of carbonyl (C=O) groups is 1. The molecule has 0 spiro atoms. The molecule has 2 N–H and O–H groups in total. The first-order chi connectivity index (χ1) is 16.4. The van der Waals surface area contributed by atoms with E-state index in [4.69, 9.17) is 26.4 Å². The van der Waals surface area contributed by atoms with E-state index in [9.17, 15) is 4.79 Å². The predicted molar refractivity (Wildman–Crippen MR) is 133 cm³/mol. The van der Waals surface area contributed by atoms with Crippen LogP contribution in [-0.4, -0.2) is 47.3 Å². The Hall–Kier alpha value is -4.18. The Morgan fingerprint density at radius 2 is 1.53 bits per heavy atom. The summed E-state index contributed by atoms with van der Waals surface area (Å²) in [6, 6.07) is 16.5. The van der Waals surface area contributed by atoms with Crippen LogP contribution in [0.5, 0.6) is 17.2 Å². The second kappa shape index (κ2) is 9.75. The van der Waals surface area contributed by atoms with Gasteiger partial charge in [-0.2, -0.15) is 4.80 Å². The van der Waals surface area contributed by atoms with Crippen molar-refractivity contribution >= 4 is 40.0 Å². The van der Waals surface area contributed by atoms with E-state index in [0.29, 0.717) is 34.0 Å². The number of ether oxygens (including phenoxy) is 3. The van der Waals surface area contributed by atoms with Gasteiger partial charge in [-0.15, -0.1) is 10.2 Å². The van der Waals surface area contributed by atoms with Gasteiger partial charge in [-0.25, -0.2) is 0 Å². The van der Waals surface area contributed by atoms with Gasteiger partial charge in [0.05, 0.1) is 27.0 Å². The van der Waals surface area contributed by atoms with E-state index in [1.54, 1.807) is 16.9 Å². The van der Waals surface area contributed by atoms with E-state index in [2.05, 4.69) is 20.8 Å². The molecule has 0 radical (unpaired) electrons. The summed E-state index contributed by atoms with van der Waals surface area (Å²) in [4.78, 5) is 14.4. The number of nitrogens with one attached hydrogen (secondary N) is 2. The number of aromatic nitrogens is 3. The van der Waals surface area contributed by atoms with Crippen LogP contribution in [0.3, 0.4) is 0 Å². The van der Waals surface area contributed by atoms with Crippen LogP contribution in [-0.2, 0) is 0 Å². The Morgan fingerprint density at radius 3 is 2.12 bits per heavy atom. The van der Waals surface area contributed by atoms with Crippen LogP contribution >= 0.6 is 12.2 Å². The minimum atomic E-state index is -0.425. The quantitative estimate of drug-likeness (QED) is 0.404. The van der Waals surface area contributed by atoms with Gasteiger partial charge < -0.3 is 19.5 Å². The third kappa shape index (κ3) is 4.62. The molecule has 0 saturated heterocycles. The number of methoxy groups -OCH3 is 3. The monoisotopic (exact) mass is 477 g/mol. The van der Waals surface area contributed by atoms with Crippen molar-refractivity contribution in [2.24, 2.45) is 0 Å². The molecule has 9 nitrogen and oxygen atoms in total. The average molecular weight is 478 g/mol. The summed E-state index contributed by atoms with van der Waals surface area (Å²) < 4.78 is 15.9. The van der Waals surface area contributed by atoms with Gasteiger partial charge in [0.15, 0.2) is 16.6 Å². The number of carbonyl (C=O) groups excluding carboxylic acids is 1. The first kappa shape index (κ1) is 23.0. The molecule has 10 heteroatoms. The SMILES string of the molecule is COc1cc(C(=O)NC(=S)Nc2cc3nn(-c4ccccc4)nc3cc2C)cc(OC)c1OC. The zero-order valence-electron chi connectivity index (χ0n) is 19.1. The van der Waals surface area contributed by atoms with Crippen molar-refractivity contribution < 1.29 is 19.0 Å². The predicted octanol–water partition coefficient (Wildman–Crippen LogP) is 3.88. The zero-order chi connectivity index (χ0) is 24.2. The first-order valence-corrected chi connectivity index (χ1v) is 10.7. The molecule has 1 amide bonds. The van der Waals surface area contributed by atoms with E-state index < -0.39 is 5.91 Å². The number of hydrogen-bond acceptors (Lipinski definition) is 7. The largest absolute Gasteiger partial charge is 0.493 e. The Morgan fingerprint density at radius 1 is 0.912 bits per heavy atom. The number of para-hydroxylation sites is 1. The number of aryl methyl sites for hydroxylation is 1. The highest BCUT2D eigenvalue weighted by Gasteiger charge is 2.18. The fourth-order valence-corrected chi connectivity index (χ4v) is 3.62. The zero-order valence-corrected chi connectivity index (χ0v) is 19.9. The fraction of sp³-hybridized carbons (Fsp3) is 0.167. The second-order valence-corrected chi connectivity index (χ2v) is 7.71. The molecule has 1 heterocycles. The number of anilines is 1. The molecular formula is C24H23N5O4S.